The van der Waals surface area contributed by atoms with Gasteiger partial charge in [0.15, 0.2) is 19.8 Å². The number of fused-ring (bicyclic) bond motifs is 12. The van der Waals surface area contributed by atoms with E-state index in [1.54, 1.807) is 73.8 Å². The third-order valence-corrected chi connectivity index (χ3v) is 17.3. The Balaban J connectivity index is 0.000000111. The summed E-state index contributed by atoms with van der Waals surface area (Å²) in [6.07, 6.45) is 15.5. The van der Waals surface area contributed by atoms with Crippen molar-refractivity contribution < 1.29 is 18.9 Å². The zero-order chi connectivity index (χ0) is 57.6. The van der Waals surface area contributed by atoms with E-state index in [0.29, 0.717) is 23.5 Å². The number of aromatic nitrogens is 16. The number of hydrogen-bond acceptors (Lipinski definition) is 20. The summed E-state index contributed by atoms with van der Waals surface area (Å²) < 4.78 is 28.9. The van der Waals surface area contributed by atoms with Gasteiger partial charge in [0.2, 0.25) is 23.5 Å². The summed E-state index contributed by atoms with van der Waals surface area (Å²) in [5.41, 5.74) is 15.9. The van der Waals surface area contributed by atoms with Gasteiger partial charge < -0.3 is 18.9 Å². The van der Waals surface area contributed by atoms with Crippen LogP contribution >= 0.6 is 45.3 Å². The summed E-state index contributed by atoms with van der Waals surface area (Å²) in [5.74, 6) is 2.48. The second-order valence-electron chi connectivity index (χ2n) is 19.0. The molecule has 0 spiro atoms. The van der Waals surface area contributed by atoms with Crippen molar-refractivity contribution in [2.75, 3.05) is 28.4 Å². The number of pyridine rings is 8. The first-order valence-corrected chi connectivity index (χ1v) is 29.3. The highest BCUT2D eigenvalue weighted by Crippen LogP contribution is 2.34. The second-order valence-corrected chi connectivity index (χ2v) is 22.8. The Labute approximate surface area is 501 Å². The molecule has 0 saturated heterocycles. The van der Waals surface area contributed by atoms with Gasteiger partial charge in [0, 0.05) is 119 Å². The summed E-state index contributed by atoms with van der Waals surface area (Å²) in [4.78, 5) is 61.1. The number of hydrogen-bond donors (Lipinski definition) is 0. The second kappa shape index (κ2) is 23.4. The van der Waals surface area contributed by atoms with Crippen molar-refractivity contribution in [2.24, 2.45) is 0 Å². The van der Waals surface area contributed by atoms with E-state index in [2.05, 4.69) is 77.4 Å². The van der Waals surface area contributed by atoms with Gasteiger partial charge in [-0.2, -0.15) is 0 Å². The van der Waals surface area contributed by atoms with Crippen LogP contribution in [0, 0.1) is 27.7 Å². The SMILES string of the molecule is C.COc1ccc2c(n1)sc1nc(-c3ccc(C)nc3)cn12.COc1ccc2c(n1)sc1nc(-c3ccc(C)nc3)cn12.COc1ccc2c(n1)sc1nc(-c3ccc(C)nc3)cn12.COc1ccc2c(n1)sc1nc(-c3ccc(C)nc3)cn12. The number of thiazole rings is 4. The zero-order valence-corrected chi connectivity index (χ0v) is 49.5. The average molecular weight is 1200 g/mol. The molecule has 0 bridgehead atoms. The molecule has 16 aromatic rings. The van der Waals surface area contributed by atoms with Gasteiger partial charge in [0.25, 0.3) is 0 Å². The van der Waals surface area contributed by atoms with Gasteiger partial charge in [0.1, 0.15) is 19.3 Å². The summed E-state index contributed by atoms with van der Waals surface area (Å²) >= 11 is 6.20. The number of nitrogens with zero attached hydrogens (tertiary/aromatic N) is 16. The van der Waals surface area contributed by atoms with Crippen molar-refractivity contribution in [2.45, 2.75) is 35.1 Å². The van der Waals surface area contributed by atoms with Crippen molar-refractivity contribution in [1.82, 2.24) is 77.4 Å². The Morgan fingerprint density at radius 2 is 0.518 bits per heavy atom. The molecule has 16 rings (SSSR count). The minimum Gasteiger partial charge on any atom is -0.481 e. The molecule has 24 heteroatoms. The fourth-order valence-corrected chi connectivity index (χ4v) is 12.9. The lowest BCUT2D eigenvalue weighted by Gasteiger charge is -1.97. The minimum absolute atomic E-state index is 0. The molecule has 0 N–H and O–H groups in total. The maximum atomic E-state index is 5.16. The Bertz CT molecular complexity index is 4390. The van der Waals surface area contributed by atoms with Crippen molar-refractivity contribution in [3.8, 4) is 68.5 Å². The monoisotopic (exact) mass is 1200 g/mol. The van der Waals surface area contributed by atoms with Crippen molar-refractivity contribution in [3.63, 3.8) is 0 Å². The van der Waals surface area contributed by atoms with Crippen LogP contribution in [0.2, 0.25) is 0 Å². The van der Waals surface area contributed by atoms with Gasteiger partial charge in [-0.1, -0.05) is 52.8 Å². The predicted octanol–water partition coefficient (Wildman–Crippen LogP) is 13.9. The minimum atomic E-state index is 0. The fourth-order valence-electron chi connectivity index (χ4n) is 8.96. The Kier molecular flexibility index (Phi) is 15.3. The van der Waals surface area contributed by atoms with Crippen LogP contribution in [0.3, 0.4) is 0 Å². The Morgan fingerprint density at radius 1 is 0.294 bits per heavy atom. The quantitative estimate of drug-likeness (QED) is 0.138. The lowest BCUT2D eigenvalue weighted by Crippen LogP contribution is -1.86. The molecule has 85 heavy (non-hydrogen) atoms. The molecule has 424 valence electrons. The van der Waals surface area contributed by atoms with E-state index in [1.807, 2.05) is 174 Å². The molecule has 0 atom stereocenters. The lowest BCUT2D eigenvalue weighted by molar-refractivity contribution is 0.399. The highest BCUT2D eigenvalue weighted by Gasteiger charge is 2.17. The highest BCUT2D eigenvalue weighted by molar-refractivity contribution is 7.24. The predicted molar refractivity (Wildman–Crippen MR) is 338 cm³/mol. The molecule has 20 nitrogen and oxygen atoms in total. The van der Waals surface area contributed by atoms with Crippen LogP contribution in [0.5, 0.6) is 23.5 Å². The third kappa shape index (κ3) is 11.1. The number of ether oxygens (including phenoxy) is 4. The first kappa shape index (κ1) is 55.6. The topological polar surface area (TPSA) is 209 Å². The van der Waals surface area contributed by atoms with E-state index in [0.717, 1.165) is 129 Å². The number of aryl methyl sites for hydroxylation is 4. The fraction of sp³-hybridized carbons (Fsp3) is 0.148. The van der Waals surface area contributed by atoms with Crippen LogP contribution in [0.1, 0.15) is 30.2 Å². The lowest BCUT2D eigenvalue weighted by atomic mass is 10.2. The van der Waals surface area contributed by atoms with Gasteiger partial charge in [-0.05, 0) is 100 Å². The molecule has 0 saturated carbocycles. The van der Waals surface area contributed by atoms with Crippen LogP contribution in [-0.4, -0.2) is 106 Å². The molecule has 0 amide bonds. The maximum Gasteiger partial charge on any atom is 0.214 e. The molecule has 0 unspecified atom stereocenters. The summed E-state index contributed by atoms with van der Waals surface area (Å²) in [7, 11) is 6.48. The molecule has 16 heterocycles. The standard InChI is InChI=1S/4C15H12N4OS.CH4/c4*1-9-3-4-10(7-16-9)11-8-19-12-5-6-13(20-2)18-14(12)21-15(19)17-11;/h4*3-8H,1-2H3;1H4. The summed E-state index contributed by atoms with van der Waals surface area (Å²) in [5, 5.41) is 0. The largest absolute Gasteiger partial charge is 0.481 e. The molecule has 0 aromatic carbocycles. The van der Waals surface area contributed by atoms with Crippen molar-refractivity contribution >= 4 is 107 Å². The first-order chi connectivity index (χ1) is 41.0. The van der Waals surface area contributed by atoms with Crippen molar-refractivity contribution in [1.29, 1.82) is 0 Å². The Morgan fingerprint density at radius 3 is 0.706 bits per heavy atom. The van der Waals surface area contributed by atoms with Crippen LogP contribution in [-0.2, 0) is 0 Å². The van der Waals surface area contributed by atoms with E-state index in [1.165, 1.54) is 0 Å². The van der Waals surface area contributed by atoms with E-state index in [4.69, 9.17) is 18.9 Å². The van der Waals surface area contributed by atoms with Crippen molar-refractivity contribution in [3.05, 3.63) is 169 Å². The number of methoxy groups -OCH3 is 4. The van der Waals surface area contributed by atoms with Crippen LogP contribution in [0.15, 0.2) is 147 Å². The van der Waals surface area contributed by atoms with E-state index >= 15 is 0 Å². The molecule has 0 aliphatic carbocycles. The van der Waals surface area contributed by atoms with Crippen LogP contribution in [0.4, 0.5) is 0 Å². The first-order valence-electron chi connectivity index (χ1n) is 26.0. The molecule has 0 fully saturated rings. The normalized spacial score (nSPS) is 11.2. The molecule has 16 aromatic heterocycles. The molecular formula is C61H52N16O4S4. The van der Waals surface area contributed by atoms with Crippen LogP contribution < -0.4 is 18.9 Å². The van der Waals surface area contributed by atoms with E-state index < -0.39 is 0 Å². The van der Waals surface area contributed by atoms with Gasteiger partial charge in [-0.15, -0.1) is 0 Å². The van der Waals surface area contributed by atoms with E-state index in [9.17, 15) is 0 Å². The average Bonchev–Trinajstić information content (AvgIpc) is 2.29. The third-order valence-electron chi connectivity index (χ3n) is 13.4. The molecule has 0 radical (unpaired) electrons. The zero-order valence-electron chi connectivity index (χ0n) is 46.3. The maximum absolute atomic E-state index is 5.16. The molecular weight excluding hydrogens is 1150 g/mol. The van der Waals surface area contributed by atoms with Crippen LogP contribution in [0.25, 0.3) is 106 Å². The molecule has 0 aliphatic rings. The van der Waals surface area contributed by atoms with E-state index in [-0.39, 0.29) is 7.43 Å². The highest BCUT2D eigenvalue weighted by atomic mass is 32.1. The summed E-state index contributed by atoms with van der Waals surface area (Å²) in [6.45, 7) is 7.90. The van der Waals surface area contributed by atoms with Gasteiger partial charge in [-0.25, -0.2) is 39.9 Å². The Hall–Kier alpha value is -9.88. The van der Waals surface area contributed by atoms with Gasteiger partial charge in [0.05, 0.1) is 73.3 Å². The number of imidazole rings is 4. The summed E-state index contributed by atoms with van der Waals surface area (Å²) in [6, 6.07) is 31.6. The molecule has 0 aliphatic heterocycles. The van der Waals surface area contributed by atoms with Gasteiger partial charge in [-0.3, -0.25) is 37.5 Å². The number of rotatable bonds is 8. The smallest absolute Gasteiger partial charge is 0.214 e. The van der Waals surface area contributed by atoms with Gasteiger partial charge >= 0.3 is 0 Å².